The highest BCUT2D eigenvalue weighted by Crippen LogP contribution is 2.40. The minimum Gasteiger partial charge on any atom is -0.493 e. The number of sulfonamides is 1. The average Bonchev–Trinajstić information content (AvgIpc) is 2.60. The summed E-state index contributed by atoms with van der Waals surface area (Å²) in [6.45, 7) is 1.59. The van der Waals surface area contributed by atoms with Crippen molar-refractivity contribution in [3.05, 3.63) is 41.5 Å². The van der Waals surface area contributed by atoms with Crippen LogP contribution >= 0.6 is 0 Å². The number of carboxylic acids is 1. The third-order valence-electron chi connectivity index (χ3n) is 3.67. The van der Waals surface area contributed by atoms with Crippen LogP contribution in [-0.2, 0) is 10.0 Å². The van der Waals surface area contributed by atoms with Crippen molar-refractivity contribution in [3.63, 3.8) is 0 Å². The molecule has 0 saturated carbocycles. The summed E-state index contributed by atoms with van der Waals surface area (Å²) in [7, 11) is 0.236. The van der Waals surface area contributed by atoms with Gasteiger partial charge in [-0.2, -0.15) is 0 Å². The lowest BCUT2D eigenvalue weighted by Crippen LogP contribution is -2.14. The maximum atomic E-state index is 12.6. The van der Waals surface area contributed by atoms with E-state index in [0.29, 0.717) is 11.3 Å². The Labute approximate surface area is 151 Å². The van der Waals surface area contributed by atoms with E-state index in [2.05, 4.69) is 4.72 Å². The second kappa shape index (κ2) is 7.52. The lowest BCUT2D eigenvalue weighted by atomic mass is 10.1. The van der Waals surface area contributed by atoms with Crippen LogP contribution < -0.4 is 18.9 Å². The van der Waals surface area contributed by atoms with Gasteiger partial charge in [0.15, 0.2) is 11.5 Å². The zero-order chi connectivity index (χ0) is 19.5. The number of hydrogen-bond donors (Lipinski definition) is 2. The van der Waals surface area contributed by atoms with Crippen molar-refractivity contribution in [2.75, 3.05) is 26.1 Å². The molecule has 0 bridgehead atoms. The predicted octanol–water partition coefficient (Wildman–Crippen LogP) is 2.52. The van der Waals surface area contributed by atoms with Crippen molar-refractivity contribution >= 4 is 21.7 Å². The van der Waals surface area contributed by atoms with E-state index in [1.165, 1.54) is 45.6 Å². The molecule has 0 aliphatic carbocycles. The smallest absolute Gasteiger partial charge is 0.335 e. The predicted molar refractivity (Wildman–Crippen MR) is 95.0 cm³/mol. The van der Waals surface area contributed by atoms with Crippen LogP contribution in [0.4, 0.5) is 5.69 Å². The molecule has 0 saturated heterocycles. The van der Waals surface area contributed by atoms with E-state index in [1.807, 2.05) is 0 Å². The number of nitrogens with one attached hydrogen (secondary N) is 1. The molecule has 0 aliphatic rings. The van der Waals surface area contributed by atoms with Gasteiger partial charge in [-0.15, -0.1) is 0 Å². The van der Waals surface area contributed by atoms with Crippen LogP contribution in [0.3, 0.4) is 0 Å². The summed E-state index contributed by atoms with van der Waals surface area (Å²) in [6.07, 6.45) is 0. The van der Waals surface area contributed by atoms with Gasteiger partial charge in [-0.05, 0) is 24.6 Å². The van der Waals surface area contributed by atoms with Crippen LogP contribution in [0.25, 0.3) is 0 Å². The Hall–Kier alpha value is -2.94. The molecule has 140 valence electrons. The normalized spacial score (nSPS) is 10.9. The second-order valence-corrected chi connectivity index (χ2v) is 6.98. The molecule has 0 atom stereocenters. The SMILES string of the molecule is COc1cc(NS(=O)(=O)c2ccc(C)c(C(=O)O)c2)cc(OC)c1OC. The number of carbonyl (C=O) groups is 1. The second-order valence-electron chi connectivity index (χ2n) is 5.30. The number of methoxy groups -OCH3 is 3. The quantitative estimate of drug-likeness (QED) is 0.758. The zero-order valence-corrected chi connectivity index (χ0v) is 15.5. The summed E-state index contributed by atoms with van der Waals surface area (Å²) >= 11 is 0. The Morgan fingerprint density at radius 2 is 1.58 bits per heavy atom. The van der Waals surface area contributed by atoms with Gasteiger partial charge in [0, 0.05) is 12.1 Å². The first-order valence-corrected chi connectivity index (χ1v) is 8.88. The molecule has 2 rings (SSSR count). The molecular formula is C17H19NO7S. The van der Waals surface area contributed by atoms with Gasteiger partial charge in [0.25, 0.3) is 10.0 Å². The van der Waals surface area contributed by atoms with Crippen LogP contribution in [0.1, 0.15) is 15.9 Å². The fourth-order valence-electron chi connectivity index (χ4n) is 2.35. The van der Waals surface area contributed by atoms with Gasteiger partial charge in [-0.1, -0.05) is 6.07 Å². The summed E-state index contributed by atoms with van der Waals surface area (Å²) in [5, 5.41) is 9.18. The Kier molecular flexibility index (Phi) is 5.61. The number of carboxylic acid groups (broad SMARTS) is 1. The molecule has 0 unspecified atom stereocenters. The Morgan fingerprint density at radius 1 is 1.00 bits per heavy atom. The van der Waals surface area contributed by atoms with Crippen molar-refractivity contribution in [3.8, 4) is 17.2 Å². The minimum absolute atomic E-state index is 0.0854. The molecule has 2 N–H and O–H groups in total. The van der Waals surface area contributed by atoms with Crippen molar-refractivity contribution in [1.82, 2.24) is 0 Å². The molecule has 0 spiro atoms. The molecule has 8 nitrogen and oxygen atoms in total. The third-order valence-corrected chi connectivity index (χ3v) is 5.05. The van der Waals surface area contributed by atoms with Crippen LogP contribution in [0, 0.1) is 6.92 Å². The molecule has 0 radical (unpaired) electrons. The van der Waals surface area contributed by atoms with Crippen LogP contribution in [-0.4, -0.2) is 40.8 Å². The van der Waals surface area contributed by atoms with Gasteiger partial charge in [0.1, 0.15) is 0 Å². The summed E-state index contributed by atoms with van der Waals surface area (Å²) in [5.41, 5.74) is 0.555. The van der Waals surface area contributed by atoms with Crippen molar-refractivity contribution in [2.45, 2.75) is 11.8 Å². The van der Waals surface area contributed by atoms with E-state index < -0.39 is 16.0 Å². The van der Waals surface area contributed by atoms with E-state index in [0.717, 1.165) is 6.07 Å². The summed E-state index contributed by atoms with van der Waals surface area (Å²) < 4.78 is 43.2. The first-order chi connectivity index (χ1) is 12.2. The first kappa shape index (κ1) is 19.4. The Morgan fingerprint density at radius 3 is 2.04 bits per heavy atom. The Bertz CT molecular complexity index is 913. The number of aromatic carboxylic acids is 1. The lowest BCUT2D eigenvalue weighted by Gasteiger charge is -2.15. The zero-order valence-electron chi connectivity index (χ0n) is 14.7. The molecule has 9 heteroatoms. The molecule has 0 aromatic heterocycles. The number of benzene rings is 2. The number of hydrogen-bond acceptors (Lipinski definition) is 6. The van der Waals surface area contributed by atoms with Gasteiger partial charge in [-0.25, -0.2) is 13.2 Å². The van der Waals surface area contributed by atoms with E-state index in [4.69, 9.17) is 14.2 Å². The van der Waals surface area contributed by atoms with Crippen LogP contribution in [0.5, 0.6) is 17.2 Å². The molecule has 2 aromatic rings. The Balaban J connectivity index is 2.47. The standard InChI is InChI=1S/C17H19NO7S/c1-10-5-6-12(9-13(10)17(19)20)26(21,22)18-11-7-14(23-2)16(25-4)15(8-11)24-3/h5-9,18H,1-4H3,(H,19,20). The molecule has 0 heterocycles. The van der Waals surface area contributed by atoms with Gasteiger partial charge in [-0.3, -0.25) is 4.72 Å². The summed E-state index contributed by atoms with van der Waals surface area (Å²) in [4.78, 5) is 11.1. The highest BCUT2D eigenvalue weighted by atomic mass is 32.2. The molecule has 0 amide bonds. The van der Waals surface area contributed by atoms with E-state index in [9.17, 15) is 18.3 Å². The minimum atomic E-state index is -4.02. The maximum Gasteiger partial charge on any atom is 0.335 e. The molecular weight excluding hydrogens is 362 g/mol. The fraction of sp³-hybridized carbons (Fsp3) is 0.235. The maximum absolute atomic E-state index is 12.6. The van der Waals surface area contributed by atoms with Crippen LogP contribution in [0.15, 0.2) is 35.2 Å². The number of anilines is 1. The number of ether oxygens (including phenoxy) is 3. The van der Waals surface area contributed by atoms with E-state index in [1.54, 1.807) is 6.92 Å². The van der Waals surface area contributed by atoms with Gasteiger partial charge in [0.05, 0.1) is 37.5 Å². The highest BCUT2D eigenvalue weighted by molar-refractivity contribution is 7.92. The molecule has 2 aromatic carbocycles. The van der Waals surface area contributed by atoms with Crippen LogP contribution in [0.2, 0.25) is 0 Å². The van der Waals surface area contributed by atoms with Crippen molar-refractivity contribution in [2.24, 2.45) is 0 Å². The first-order valence-electron chi connectivity index (χ1n) is 7.40. The topological polar surface area (TPSA) is 111 Å². The van der Waals surface area contributed by atoms with Gasteiger partial charge >= 0.3 is 5.97 Å². The third kappa shape index (κ3) is 3.83. The van der Waals surface area contributed by atoms with Crippen molar-refractivity contribution < 1.29 is 32.5 Å². The molecule has 26 heavy (non-hydrogen) atoms. The fourth-order valence-corrected chi connectivity index (χ4v) is 3.42. The van der Waals surface area contributed by atoms with E-state index in [-0.39, 0.29) is 27.6 Å². The number of aryl methyl sites for hydroxylation is 1. The number of rotatable bonds is 7. The van der Waals surface area contributed by atoms with E-state index >= 15 is 0 Å². The molecule has 0 fully saturated rings. The summed E-state index contributed by atoms with van der Waals surface area (Å²) in [6, 6.07) is 6.75. The molecule has 0 aliphatic heterocycles. The van der Waals surface area contributed by atoms with Gasteiger partial charge in [0.2, 0.25) is 5.75 Å². The summed E-state index contributed by atoms with van der Waals surface area (Å²) in [5.74, 6) is -0.326. The lowest BCUT2D eigenvalue weighted by molar-refractivity contribution is 0.0696. The monoisotopic (exact) mass is 381 g/mol. The van der Waals surface area contributed by atoms with Gasteiger partial charge < -0.3 is 19.3 Å². The largest absolute Gasteiger partial charge is 0.493 e. The highest BCUT2D eigenvalue weighted by Gasteiger charge is 2.20. The van der Waals surface area contributed by atoms with Crippen molar-refractivity contribution in [1.29, 1.82) is 0 Å². The average molecular weight is 381 g/mol.